The fourth-order valence-corrected chi connectivity index (χ4v) is 6.83. The van der Waals surface area contributed by atoms with Crippen molar-refractivity contribution in [1.29, 1.82) is 0 Å². The summed E-state index contributed by atoms with van der Waals surface area (Å²) in [5, 5.41) is 0. The smallest absolute Gasteiger partial charge is 0.336 e. The van der Waals surface area contributed by atoms with Crippen LogP contribution < -0.4 is 4.90 Å². The van der Waals surface area contributed by atoms with E-state index >= 15 is 0 Å². The second kappa shape index (κ2) is 8.09. The van der Waals surface area contributed by atoms with Crippen molar-refractivity contribution in [2.24, 2.45) is 0 Å². The second-order valence-corrected chi connectivity index (χ2v) is 10.5. The van der Waals surface area contributed by atoms with Crippen molar-refractivity contribution in [3.63, 3.8) is 0 Å². The molecule has 2 aliphatic heterocycles. The SMILES string of the molecule is COC(=O)C1=C(c2ccccc2)N(S(=O)(=O)c2ccc(C)cc2)C2(C1)C(=O)N(C)c1ccccc12. The van der Waals surface area contributed by atoms with Gasteiger partial charge in [0.1, 0.15) is 0 Å². The predicted molar refractivity (Wildman–Crippen MR) is 132 cm³/mol. The van der Waals surface area contributed by atoms with Gasteiger partial charge in [-0.3, -0.25) is 4.79 Å². The van der Waals surface area contributed by atoms with Crippen molar-refractivity contribution in [3.05, 3.63) is 101 Å². The molecule has 2 aliphatic rings. The quantitative estimate of drug-likeness (QED) is 0.521. The third-order valence-electron chi connectivity index (χ3n) is 6.68. The number of sulfonamides is 1. The molecular formula is C27H24N2O5S. The zero-order valence-corrected chi connectivity index (χ0v) is 20.4. The first-order valence-corrected chi connectivity index (χ1v) is 12.5. The number of methoxy groups -OCH3 is 1. The summed E-state index contributed by atoms with van der Waals surface area (Å²) < 4.78 is 35.0. The number of esters is 1. The number of amides is 1. The maximum atomic E-state index is 14.4. The van der Waals surface area contributed by atoms with Gasteiger partial charge in [-0.2, -0.15) is 0 Å². The Labute approximate surface area is 204 Å². The molecule has 0 saturated carbocycles. The maximum absolute atomic E-state index is 14.4. The van der Waals surface area contributed by atoms with Gasteiger partial charge in [0.2, 0.25) is 0 Å². The molecule has 0 fully saturated rings. The zero-order valence-electron chi connectivity index (χ0n) is 19.6. The van der Waals surface area contributed by atoms with E-state index in [-0.39, 0.29) is 22.6 Å². The van der Waals surface area contributed by atoms with Crippen molar-refractivity contribution >= 4 is 33.3 Å². The molecule has 3 aromatic carbocycles. The van der Waals surface area contributed by atoms with E-state index < -0.39 is 27.4 Å². The van der Waals surface area contributed by atoms with Crippen molar-refractivity contribution in [1.82, 2.24) is 4.31 Å². The van der Waals surface area contributed by atoms with Gasteiger partial charge in [-0.25, -0.2) is 17.5 Å². The van der Waals surface area contributed by atoms with Gasteiger partial charge >= 0.3 is 5.97 Å². The largest absolute Gasteiger partial charge is 0.466 e. The van der Waals surface area contributed by atoms with Gasteiger partial charge in [0.25, 0.3) is 15.9 Å². The molecule has 7 nitrogen and oxygen atoms in total. The molecule has 1 amide bonds. The first-order chi connectivity index (χ1) is 16.7. The molecule has 178 valence electrons. The number of benzene rings is 3. The minimum Gasteiger partial charge on any atom is -0.466 e. The molecule has 35 heavy (non-hydrogen) atoms. The number of likely N-dealkylation sites (N-methyl/N-ethyl adjacent to an activating group) is 1. The van der Waals surface area contributed by atoms with E-state index in [1.165, 1.54) is 24.1 Å². The van der Waals surface area contributed by atoms with Gasteiger partial charge in [0.05, 0.1) is 23.3 Å². The number of carbonyl (C=O) groups excluding carboxylic acids is 2. The first-order valence-electron chi connectivity index (χ1n) is 11.1. The van der Waals surface area contributed by atoms with Crippen LogP contribution in [0.4, 0.5) is 5.69 Å². The number of carbonyl (C=O) groups is 2. The predicted octanol–water partition coefficient (Wildman–Crippen LogP) is 3.85. The molecular weight excluding hydrogens is 464 g/mol. The number of fused-ring (bicyclic) bond motifs is 2. The van der Waals surface area contributed by atoms with Crippen LogP contribution in [-0.2, 0) is 29.9 Å². The van der Waals surface area contributed by atoms with Crippen molar-refractivity contribution in [2.75, 3.05) is 19.1 Å². The van der Waals surface area contributed by atoms with Gasteiger partial charge in [0.15, 0.2) is 5.54 Å². The Balaban J connectivity index is 1.88. The van der Waals surface area contributed by atoms with Gasteiger partial charge in [0, 0.05) is 24.7 Å². The fraction of sp³-hybridized carbons (Fsp3) is 0.185. The van der Waals surface area contributed by atoms with E-state index in [9.17, 15) is 18.0 Å². The molecule has 0 aromatic heterocycles. The number of anilines is 1. The molecule has 3 aromatic rings. The summed E-state index contributed by atoms with van der Waals surface area (Å²) >= 11 is 0. The van der Waals surface area contributed by atoms with Crippen LogP contribution >= 0.6 is 0 Å². The lowest BCUT2D eigenvalue weighted by atomic mass is 9.87. The minimum absolute atomic E-state index is 0.0295. The molecule has 1 spiro atoms. The minimum atomic E-state index is -4.30. The standard InChI is InChI=1S/C27H24N2O5S/c1-18-13-15-20(16-14-18)35(32,33)29-24(19-9-5-4-6-10-19)21(25(30)34-3)17-27(29)22-11-7-8-12-23(22)28(2)26(27)31/h4-16H,17H2,1-3H3. The lowest BCUT2D eigenvalue weighted by molar-refractivity contribution is -0.136. The summed E-state index contributed by atoms with van der Waals surface area (Å²) in [7, 11) is -1.43. The number of nitrogens with zero attached hydrogens (tertiary/aromatic N) is 2. The van der Waals surface area contributed by atoms with Crippen LogP contribution in [0, 0.1) is 6.92 Å². The van der Waals surface area contributed by atoms with Crippen LogP contribution in [0.5, 0.6) is 0 Å². The van der Waals surface area contributed by atoms with E-state index in [0.29, 0.717) is 16.8 Å². The summed E-state index contributed by atoms with van der Waals surface area (Å²) in [4.78, 5) is 28.6. The second-order valence-electron chi connectivity index (χ2n) is 8.69. The Hall–Kier alpha value is -3.91. The van der Waals surface area contributed by atoms with Gasteiger partial charge in [-0.05, 0) is 30.7 Å². The fourth-order valence-electron chi connectivity index (χ4n) is 5.03. The Kier molecular flexibility index (Phi) is 5.29. The van der Waals surface area contributed by atoms with Crippen LogP contribution in [0.25, 0.3) is 5.70 Å². The summed E-state index contributed by atoms with van der Waals surface area (Å²) in [5.41, 5.74) is 1.14. The van der Waals surface area contributed by atoms with E-state index in [2.05, 4.69) is 0 Å². The molecule has 1 unspecified atom stereocenters. The van der Waals surface area contributed by atoms with Crippen LogP contribution in [0.3, 0.4) is 0 Å². The molecule has 1 atom stereocenters. The van der Waals surface area contributed by atoms with Crippen molar-refractivity contribution in [2.45, 2.75) is 23.8 Å². The lowest BCUT2D eigenvalue weighted by Crippen LogP contribution is -2.51. The van der Waals surface area contributed by atoms with E-state index in [1.54, 1.807) is 73.8 Å². The van der Waals surface area contributed by atoms with Gasteiger partial charge in [-0.15, -0.1) is 0 Å². The normalized spacial score (nSPS) is 19.5. The summed E-state index contributed by atoms with van der Waals surface area (Å²) in [6, 6.07) is 22.3. The van der Waals surface area contributed by atoms with Crippen LogP contribution in [-0.4, -0.2) is 38.8 Å². The summed E-state index contributed by atoms with van der Waals surface area (Å²) in [6.07, 6.45) is -0.144. The molecule has 0 radical (unpaired) electrons. The van der Waals surface area contributed by atoms with Crippen molar-refractivity contribution in [3.8, 4) is 0 Å². The Morgan fingerprint density at radius 2 is 1.57 bits per heavy atom. The molecule has 0 aliphatic carbocycles. The van der Waals surface area contributed by atoms with E-state index in [0.717, 1.165) is 9.87 Å². The molecule has 0 saturated heterocycles. The zero-order chi connectivity index (χ0) is 25.0. The molecule has 8 heteroatoms. The molecule has 0 bridgehead atoms. The molecule has 0 N–H and O–H groups in total. The number of para-hydroxylation sites is 1. The Morgan fingerprint density at radius 1 is 0.943 bits per heavy atom. The highest BCUT2D eigenvalue weighted by Crippen LogP contribution is 2.57. The third-order valence-corrected chi connectivity index (χ3v) is 8.52. The molecule has 5 rings (SSSR count). The average Bonchev–Trinajstić information content (AvgIpc) is 3.35. The summed E-state index contributed by atoms with van der Waals surface area (Å²) in [5.74, 6) is -1.11. The van der Waals surface area contributed by atoms with Crippen LogP contribution in [0.2, 0.25) is 0 Å². The van der Waals surface area contributed by atoms with Gasteiger partial charge < -0.3 is 9.64 Å². The first kappa shape index (κ1) is 22.9. The monoisotopic (exact) mass is 488 g/mol. The average molecular weight is 489 g/mol. The topological polar surface area (TPSA) is 84.0 Å². The summed E-state index contributed by atoms with van der Waals surface area (Å²) in [6.45, 7) is 1.87. The van der Waals surface area contributed by atoms with E-state index in [4.69, 9.17) is 4.74 Å². The number of aryl methyl sites for hydroxylation is 1. The highest BCUT2D eigenvalue weighted by Gasteiger charge is 2.63. The maximum Gasteiger partial charge on any atom is 0.336 e. The highest BCUT2D eigenvalue weighted by atomic mass is 32.2. The highest BCUT2D eigenvalue weighted by molar-refractivity contribution is 7.89. The van der Waals surface area contributed by atoms with E-state index in [1.807, 2.05) is 6.92 Å². The third kappa shape index (κ3) is 3.20. The van der Waals surface area contributed by atoms with Crippen LogP contribution in [0.15, 0.2) is 89.3 Å². The number of rotatable bonds is 4. The number of hydrogen-bond donors (Lipinski definition) is 0. The van der Waals surface area contributed by atoms with Crippen molar-refractivity contribution < 1.29 is 22.7 Å². The Morgan fingerprint density at radius 3 is 2.23 bits per heavy atom. The van der Waals surface area contributed by atoms with Crippen LogP contribution in [0.1, 0.15) is 23.1 Å². The molecule has 2 heterocycles. The number of hydrogen-bond acceptors (Lipinski definition) is 5. The van der Waals surface area contributed by atoms with Gasteiger partial charge in [-0.1, -0.05) is 66.2 Å². The Bertz CT molecular complexity index is 1480. The number of ether oxygens (including phenoxy) is 1. The lowest BCUT2D eigenvalue weighted by Gasteiger charge is -2.36.